The number of hydrogen-bond acceptors (Lipinski definition) is 5. The minimum atomic E-state index is -0.695. The summed E-state index contributed by atoms with van der Waals surface area (Å²) in [6.07, 6.45) is 4.14. The van der Waals surface area contributed by atoms with E-state index in [0.717, 1.165) is 26.1 Å². The summed E-state index contributed by atoms with van der Waals surface area (Å²) in [5.41, 5.74) is -0.0731. The van der Waals surface area contributed by atoms with Crippen LogP contribution in [0.15, 0.2) is 18.3 Å². The molecule has 1 amide bonds. The lowest BCUT2D eigenvalue weighted by Crippen LogP contribution is -2.57. The number of anilines is 1. The summed E-state index contributed by atoms with van der Waals surface area (Å²) in [5, 5.41) is 11.3. The van der Waals surface area contributed by atoms with Crippen LogP contribution < -0.4 is 4.90 Å². The number of pyridine rings is 1. The number of likely N-dealkylation sites (tertiary alicyclic amines) is 1. The summed E-state index contributed by atoms with van der Waals surface area (Å²) in [4.78, 5) is 21.1. The second kappa shape index (κ2) is 7.30. The fourth-order valence-corrected chi connectivity index (χ4v) is 4.22. The predicted octanol–water partition coefficient (Wildman–Crippen LogP) is 1.79. The Morgan fingerprint density at radius 3 is 2.76 bits per heavy atom. The molecule has 0 aliphatic carbocycles. The van der Waals surface area contributed by atoms with Gasteiger partial charge in [-0.05, 0) is 37.3 Å². The summed E-state index contributed by atoms with van der Waals surface area (Å²) in [5.74, 6) is 1.00. The Hall–Kier alpha value is -1.66. The van der Waals surface area contributed by atoms with Crippen LogP contribution in [0.2, 0.25) is 0 Å². The van der Waals surface area contributed by atoms with E-state index in [9.17, 15) is 9.90 Å². The molecule has 2 aliphatic rings. The van der Waals surface area contributed by atoms with Gasteiger partial charge in [-0.2, -0.15) is 0 Å². The lowest BCUT2D eigenvalue weighted by Gasteiger charge is -2.48. The van der Waals surface area contributed by atoms with Crippen LogP contribution in [0.1, 0.15) is 36.5 Å². The van der Waals surface area contributed by atoms with Crippen molar-refractivity contribution in [2.75, 3.05) is 45.3 Å². The van der Waals surface area contributed by atoms with E-state index in [-0.39, 0.29) is 17.7 Å². The zero-order valence-corrected chi connectivity index (χ0v) is 15.4. The molecule has 0 unspecified atom stereocenters. The monoisotopic (exact) mass is 347 g/mol. The predicted molar refractivity (Wildman–Crippen MR) is 96.7 cm³/mol. The van der Waals surface area contributed by atoms with Crippen LogP contribution in [0.3, 0.4) is 0 Å². The Morgan fingerprint density at radius 1 is 1.40 bits per heavy atom. The van der Waals surface area contributed by atoms with Gasteiger partial charge in [0.05, 0.1) is 11.2 Å². The highest BCUT2D eigenvalue weighted by atomic mass is 16.5. The first-order chi connectivity index (χ1) is 11.9. The lowest BCUT2D eigenvalue weighted by molar-refractivity contribution is -0.125. The van der Waals surface area contributed by atoms with E-state index in [0.29, 0.717) is 30.9 Å². The third-order valence-electron chi connectivity index (χ3n) is 5.79. The number of ether oxygens (including phenoxy) is 1. The minimum Gasteiger partial charge on any atom is -0.389 e. The molecule has 2 aliphatic heterocycles. The first-order valence-corrected chi connectivity index (χ1v) is 9.15. The van der Waals surface area contributed by atoms with Crippen LogP contribution >= 0.6 is 0 Å². The van der Waals surface area contributed by atoms with E-state index in [1.807, 2.05) is 30.0 Å². The molecule has 2 fully saturated rings. The first-order valence-electron chi connectivity index (χ1n) is 9.15. The zero-order valence-electron chi connectivity index (χ0n) is 15.4. The Kier molecular flexibility index (Phi) is 5.29. The molecule has 0 radical (unpaired) electrons. The number of amides is 1. The third-order valence-corrected chi connectivity index (χ3v) is 5.79. The molecule has 1 N–H and O–H groups in total. The summed E-state index contributed by atoms with van der Waals surface area (Å²) in [6, 6.07) is 3.63. The van der Waals surface area contributed by atoms with Crippen LogP contribution in [-0.4, -0.2) is 66.9 Å². The highest BCUT2D eigenvalue weighted by Gasteiger charge is 2.46. The number of aromatic nitrogens is 1. The maximum Gasteiger partial charge on any atom is 0.257 e. The number of piperidine rings is 1. The van der Waals surface area contributed by atoms with Crippen LogP contribution in [-0.2, 0) is 4.74 Å². The number of aliphatic hydroxyl groups is 1. The average Bonchev–Trinajstić information content (AvgIpc) is 2.64. The molecular formula is C19H29N3O3. The van der Waals surface area contributed by atoms with Gasteiger partial charge in [-0.25, -0.2) is 4.98 Å². The molecule has 25 heavy (non-hydrogen) atoms. The summed E-state index contributed by atoms with van der Waals surface area (Å²) in [7, 11) is 3.78. The Bertz CT molecular complexity index is 616. The second-order valence-corrected chi connectivity index (χ2v) is 7.55. The van der Waals surface area contributed by atoms with Gasteiger partial charge in [0.1, 0.15) is 5.82 Å². The molecule has 0 spiro atoms. The Labute approximate surface area is 149 Å². The van der Waals surface area contributed by atoms with Gasteiger partial charge < -0.3 is 19.6 Å². The average molecular weight is 347 g/mol. The number of rotatable bonds is 3. The second-order valence-electron chi connectivity index (χ2n) is 7.55. The van der Waals surface area contributed by atoms with Gasteiger partial charge in [0.15, 0.2) is 0 Å². The molecule has 0 saturated carbocycles. The summed E-state index contributed by atoms with van der Waals surface area (Å²) in [6.45, 7) is 4.67. The quantitative estimate of drug-likeness (QED) is 0.903. The Balaban J connectivity index is 1.73. The smallest absolute Gasteiger partial charge is 0.257 e. The third kappa shape index (κ3) is 3.51. The molecule has 6 nitrogen and oxygen atoms in total. The standard InChI is InChI=1S/C19H29N3O3/c1-14-13-22(10-8-19(14,24)15-6-11-25-12-7-15)18(23)16-5-4-9-20-17(16)21(2)3/h4-5,9,14-15,24H,6-8,10-13H2,1-3H3/t14-,19+/m1/s1. The van der Waals surface area contributed by atoms with Crippen molar-refractivity contribution in [3.8, 4) is 0 Å². The van der Waals surface area contributed by atoms with Crippen molar-refractivity contribution < 1.29 is 14.6 Å². The zero-order chi connectivity index (χ0) is 18.0. The van der Waals surface area contributed by atoms with Gasteiger partial charge in [0, 0.05) is 52.5 Å². The summed E-state index contributed by atoms with van der Waals surface area (Å²) < 4.78 is 5.44. The van der Waals surface area contributed by atoms with Crippen molar-refractivity contribution in [2.24, 2.45) is 11.8 Å². The van der Waals surface area contributed by atoms with Crippen molar-refractivity contribution >= 4 is 11.7 Å². The fraction of sp³-hybridized carbons (Fsp3) is 0.684. The maximum atomic E-state index is 13.0. The lowest BCUT2D eigenvalue weighted by atomic mass is 9.70. The molecule has 6 heteroatoms. The molecular weight excluding hydrogens is 318 g/mol. The largest absolute Gasteiger partial charge is 0.389 e. The van der Waals surface area contributed by atoms with Crippen molar-refractivity contribution in [1.29, 1.82) is 0 Å². The number of carbonyl (C=O) groups excluding carboxylic acids is 1. The Morgan fingerprint density at radius 2 is 2.12 bits per heavy atom. The normalized spacial score (nSPS) is 28.0. The number of nitrogens with zero attached hydrogens (tertiary/aromatic N) is 3. The molecule has 1 aromatic rings. The van der Waals surface area contributed by atoms with E-state index < -0.39 is 5.60 Å². The van der Waals surface area contributed by atoms with E-state index in [4.69, 9.17) is 4.74 Å². The van der Waals surface area contributed by atoms with Gasteiger partial charge >= 0.3 is 0 Å². The molecule has 138 valence electrons. The maximum absolute atomic E-state index is 13.0. The minimum absolute atomic E-state index is 0.00215. The van der Waals surface area contributed by atoms with Gasteiger partial charge in [-0.1, -0.05) is 6.92 Å². The highest BCUT2D eigenvalue weighted by Crippen LogP contribution is 2.39. The van der Waals surface area contributed by atoms with Gasteiger partial charge in [-0.3, -0.25) is 4.79 Å². The molecule has 3 heterocycles. The van der Waals surface area contributed by atoms with Gasteiger partial charge in [0.25, 0.3) is 5.91 Å². The SMILES string of the molecule is C[C@@H]1CN(C(=O)c2cccnc2N(C)C)CC[C@@]1(O)C1CCOCC1. The van der Waals surface area contributed by atoms with Crippen LogP contribution in [0, 0.1) is 11.8 Å². The van der Waals surface area contributed by atoms with Crippen LogP contribution in [0.25, 0.3) is 0 Å². The molecule has 0 aromatic carbocycles. The molecule has 1 aromatic heterocycles. The highest BCUT2D eigenvalue weighted by molar-refractivity contribution is 5.98. The van der Waals surface area contributed by atoms with Crippen LogP contribution in [0.5, 0.6) is 0 Å². The van der Waals surface area contributed by atoms with Crippen molar-refractivity contribution in [3.63, 3.8) is 0 Å². The first kappa shape index (κ1) is 18.1. The van der Waals surface area contributed by atoms with Gasteiger partial charge in [0.2, 0.25) is 0 Å². The molecule has 0 bridgehead atoms. The van der Waals surface area contributed by atoms with E-state index in [1.54, 1.807) is 12.3 Å². The summed E-state index contributed by atoms with van der Waals surface area (Å²) >= 11 is 0. The van der Waals surface area contributed by atoms with E-state index in [2.05, 4.69) is 11.9 Å². The topological polar surface area (TPSA) is 65.9 Å². The molecule has 2 atom stereocenters. The van der Waals surface area contributed by atoms with Crippen molar-refractivity contribution in [2.45, 2.75) is 31.8 Å². The molecule has 2 saturated heterocycles. The number of hydrogen-bond donors (Lipinski definition) is 1. The van der Waals surface area contributed by atoms with Crippen molar-refractivity contribution in [3.05, 3.63) is 23.9 Å². The molecule has 3 rings (SSSR count). The van der Waals surface area contributed by atoms with Crippen LogP contribution in [0.4, 0.5) is 5.82 Å². The fourth-order valence-electron chi connectivity index (χ4n) is 4.22. The van der Waals surface area contributed by atoms with E-state index in [1.165, 1.54) is 0 Å². The number of carbonyl (C=O) groups is 1. The van der Waals surface area contributed by atoms with Crippen molar-refractivity contribution in [1.82, 2.24) is 9.88 Å². The van der Waals surface area contributed by atoms with E-state index >= 15 is 0 Å². The van der Waals surface area contributed by atoms with Gasteiger partial charge in [-0.15, -0.1) is 0 Å².